The van der Waals surface area contributed by atoms with Crippen molar-refractivity contribution in [1.82, 2.24) is 0 Å². The molecule has 0 N–H and O–H groups in total. The lowest BCUT2D eigenvalue weighted by Gasteiger charge is -2.22. The Kier molecular flexibility index (Phi) is 3.74. The number of hydrogen-bond acceptors (Lipinski definition) is 2. The highest BCUT2D eigenvalue weighted by Gasteiger charge is 2.22. The molecule has 0 aliphatic rings. The van der Waals surface area contributed by atoms with Crippen LogP contribution in [0.4, 0.5) is 0 Å². The lowest BCUT2D eigenvalue weighted by molar-refractivity contribution is 0.0641. The topological polar surface area (TPSA) is 41.5 Å². The number of ether oxygens (including phenoxy) is 1. The maximum absolute atomic E-state index is 11.3. The van der Waals surface area contributed by atoms with Crippen molar-refractivity contribution in [3.05, 3.63) is 12.2 Å². The van der Waals surface area contributed by atoms with Crippen LogP contribution in [0.5, 0.6) is 0 Å². The van der Waals surface area contributed by atoms with Gasteiger partial charge in [-0.1, -0.05) is 12.2 Å². The van der Waals surface area contributed by atoms with E-state index in [-0.39, 0.29) is 0 Å². The zero-order chi connectivity index (χ0) is 11.6. The second kappa shape index (κ2) is 4.03. The summed E-state index contributed by atoms with van der Waals surface area (Å²) >= 11 is 0. The normalized spacial score (nSPS) is 14.0. The van der Waals surface area contributed by atoms with Crippen LogP contribution in [0.15, 0.2) is 17.1 Å². The Hall–Kier alpha value is -0.990. The van der Waals surface area contributed by atoms with Gasteiger partial charge in [-0.3, -0.25) is 0 Å². The number of rotatable bonds is 2. The molecule has 0 saturated heterocycles. The molecule has 0 aromatic rings. The first kappa shape index (κ1) is 13.0. The summed E-state index contributed by atoms with van der Waals surface area (Å²) in [6.07, 6.45) is -0.537. The standard InChI is InChI=1S/C11H20NO2/c1-8(2)11(6,7)12-9(13)14-10(3,4)5/h1H2,2-7H3. The molecule has 0 saturated carbocycles. The van der Waals surface area contributed by atoms with Crippen LogP contribution in [0.25, 0.3) is 0 Å². The molecule has 3 heteroatoms. The van der Waals surface area contributed by atoms with Gasteiger partial charge in [0.25, 0.3) is 0 Å². The lowest BCUT2D eigenvalue weighted by atomic mass is 9.98. The molecule has 0 aromatic carbocycles. The summed E-state index contributed by atoms with van der Waals surface area (Å²) in [5, 5.41) is 11.3. The van der Waals surface area contributed by atoms with E-state index in [0.29, 0.717) is 0 Å². The van der Waals surface area contributed by atoms with Gasteiger partial charge in [0.05, 0.1) is 5.54 Å². The van der Waals surface area contributed by atoms with E-state index >= 15 is 0 Å². The van der Waals surface area contributed by atoms with Gasteiger partial charge in [-0.2, -0.15) is 0 Å². The molecule has 0 spiro atoms. The molecule has 0 aromatic heterocycles. The van der Waals surface area contributed by atoms with Crippen LogP contribution >= 0.6 is 0 Å². The van der Waals surface area contributed by atoms with Gasteiger partial charge in [-0.15, -0.1) is 0 Å². The highest BCUT2D eigenvalue weighted by atomic mass is 16.6. The third kappa shape index (κ3) is 4.90. The summed E-state index contributed by atoms with van der Waals surface area (Å²) in [6.45, 7) is 14.7. The Morgan fingerprint density at radius 1 is 1.21 bits per heavy atom. The van der Waals surface area contributed by atoms with Gasteiger partial charge in [0, 0.05) is 0 Å². The van der Waals surface area contributed by atoms with Crippen molar-refractivity contribution < 1.29 is 9.84 Å². The average molecular weight is 198 g/mol. The molecule has 0 aliphatic heterocycles. The van der Waals surface area contributed by atoms with Crippen molar-refractivity contribution in [3.8, 4) is 0 Å². The van der Waals surface area contributed by atoms with E-state index in [1.54, 1.807) is 0 Å². The quantitative estimate of drug-likeness (QED) is 0.382. The molecule has 3 nitrogen and oxygen atoms in total. The van der Waals surface area contributed by atoms with Gasteiger partial charge in [0.1, 0.15) is 5.60 Å². The minimum absolute atomic E-state index is 0.494. The lowest BCUT2D eigenvalue weighted by Crippen LogP contribution is -2.27. The molecule has 0 unspecified atom stereocenters. The molecule has 1 radical (unpaired) electrons. The molecule has 81 valence electrons. The summed E-state index contributed by atoms with van der Waals surface area (Å²) < 4.78 is 5.08. The molecule has 0 bridgehead atoms. The summed E-state index contributed by atoms with van der Waals surface area (Å²) in [6, 6.07) is 0. The van der Waals surface area contributed by atoms with Crippen molar-refractivity contribution in [3.63, 3.8) is 0 Å². The van der Waals surface area contributed by atoms with Crippen LogP contribution in [0.3, 0.4) is 0 Å². The van der Waals surface area contributed by atoms with Crippen LogP contribution in [0.2, 0.25) is 0 Å². The van der Waals surface area contributed by atoms with E-state index in [4.69, 9.17) is 4.74 Å². The van der Waals surface area contributed by atoms with Crippen molar-refractivity contribution in [2.45, 2.75) is 52.7 Å². The highest BCUT2D eigenvalue weighted by molar-refractivity contribution is 5.65. The Bertz CT molecular complexity index is 247. The summed E-state index contributed by atoms with van der Waals surface area (Å²) in [4.78, 5) is 3.93. The van der Waals surface area contributed by atoms with Crippen molar-refractivity contribution in [1.29, 1.82) is 0 Å². The first-order chi connectivity index (χ1) is 6.04. The van der Waals surface area contributed by atoms with Crippen molar-refractivity contribution in [2.24, 2.45) is 4.99 Å². The molecule has 14 heavy (non-hydrogen) atoms. The van der Waals surface area contributed by atoms with Gasteiger partial charge in [-0.05, 0) is 41.5 Å². The molecular weight excluding hydrogens is 178 g/mol. The van der Waals surface area contributed by atoms with Crippen LogP contribution < -0.4 is 0 Å². The molecule has 0 atom stereocenters. The van der Waals surface area contributed by atoms with E-state index < -0.39 is 17.2 Å². The molecule has 0 amide bonds. The van der Waals surface area contributed by atoms with Crippen LogP contribution in [0, 0.1) is 0 Å². The summed E-state index contributed by atoms with van der Waals surface area (Å²) in [7, 11) is 0. The van der Waals surface area contributed by atoms with Gasteiger partial charge in [0.2, 0.25) is 0 Å². The van der Waals surface area contributed by atoms with E-state index in [9.17, 15) is 5.11 Å². The van der Waals surface area contributed by atoms with Gasteiger partial charge >= 0.3 is 6.08 Å². The monoisotopic (exact) mass is 198 g/mol. The molecule has 0 heterocycles. The third-order valence-electron chi connectivity index (χ3n) is 1.81. The third-order valence-corrected chi connectivity index (χ3v) is 1.81. The van der Waals surface area contributed by atoms with E-state index in [1.165, 1.54) is 0 Å². The fraction of sp³-hybridized carbons (Fsp3) is 0.727. The molecule has 0 aliphatic carbocycles. The minimum atomic E-state index is -0.553. The largest absolute Gasteiger partial charge is 0.442 e. The molecular formula is C11H20NO2. The maximum atomic E-state index is 11.3. The Balaban J connectivity index is 4.60. The van der Waals surface area contributed by atoms with Crippen LogP contribution in [0.1, 0.15) is 41.5 Å². The first-order valence-corrected chi connectivity index (χ1v) is 4.66. The van der Waals surface area contributed by atoms with E-state index in [0.717, 1.165) is 5.57 Å². The first-order valence-electron chi connectivity index (χ1n) is 4.66. The fourth-order valence-corrected chi connectivity index (χ4v) is 0.608. The fourth-order valence-electron chi connectivity index (χ4n) is 0.608. The van der Waals surface area contributed by atoms with Crippen LogP contribution in [-0.2, 0) is 9.84 Å². The Morgan fingerprint density at radius 3 is 1.93 bits per heavy atom. The number of hydrogen-bond donors (Lipinski definition) is 0. The maximum Gasteiger partial charge on any atom is 0.430 e. The minimum Gasteiger partial charge on any atom is -0.442 e. The highest BCUT2D eigenvalue weighted by Crippen LogP contribution is 2.19. The molecule has 0 fully saturated rings. The van der Waals surface area contributed by atoms with Gasteiger partial charge in [0.15, 0.2) is 0 Å². The average Bonchev–Trinajstić information content (AvgIpc) is 1.79. The zero-order valence-corrected chi connectivity index (χ0v) is 9.97. The van der Waals surface area contributed by atoms with Crippen molar-refractivity contribution in [2.75, 3.05) is 0 Å². The smallest absolute Gasteiger partial charge is 0.430 e. The number of nitrogens with zero attached hydrogens (tertiary/aromatic N) is 1. The van der Waals surface area contributed by atoms with E-state index in [2.05, 4.69) is 11.6 Å². The van der Waals surface area contributed by atoms with E-state index in [1.807, 2.05) is 41.5 Å². The van der Waals surface area contributed by atoms with Gasteiger partial charge in [-0.25, -0.2) is 10.1 Å². The van der Waals surface area contributed by atoms with Crippen molar-refractivity contribution >= 4 is 6.08 Å². The summed E-state index contributed by atoms with van der Waals surface area (Å²) in [5.41, 5.74) is -0.211. The Morgan fingerprint density at radius 2 is 1.64 bits per heavy atom. The zero-order valence-electron chi connectivity index (χ0n) is 9.97. The van der Waals surface area contributed by atoms with Gasteiger partial charge < -0.3 is 4.74 Å². The second-order valence-corrected chi connectivity index (χ2v) is 4.93. The predicted molar refractivity (Wildman–Crippen MR) is 57.9 cm³/mol. The predicted octanol–water partition coefficient (Wildman–Crippen LogP) is 2.94. The SMILES string of the molecule is C=C(C)C(C)(C)N=C([O])OC(C)(C)C. The summed E-state index contributed by atoms with van der Waals surface area (Å²) in [5.74, 6) is 0. The second-order valence-electron chi connectivity index (χ2n) is 4.93. The van der Waals surface area contributed by atoms with Crippen LogP contribution in [-0.4, -0.2) is 17.2 Å². The number of aliphatic imine (C=N–C) groups is 1. The molecule has 0 rings (SSSR count). The Labute approximate surface area is 86.5 Å².